The Hall–Kier alpha value is -4.16. The molecule has 12 heteroatoms. The van der Waals surface area contributed by atoms with Gasteiger partial charge in [0.15, 0.2) is 28.8 Å². The van der Waals surface area contributed by atoms with E-state index in [9.17, 15) is 4.79 Å². The molecule has 2 aromatic heterocycles. The molecule has 1 unspecified atom stereocenters. The van der Waals surface area contributed by atoms with Crippen LogP contribution in [0.2, 0.25) is 0 Å². The molecule has 1 fully saturated rings. The van der Waals surface area contributed by atoms with E-state index < -0.39 is 0 Å². The monoisotopic (exact) mass is 562 g/mol. The Morgan fingerprint density at radius 1 is 1.02 bits per heavy atom. The fraction of sp³-hybridized carbons (Fsp3) is 0.448. The number of nitrogens with zero attached hydrogens (tertiary/aromatic N) is 5. The molecule has 1 atom stereocenters. The van der Waals surface area contributed by atoms with Crippen molar-refractivity contribution in [1.82, 2.24) is 30.1 Å². The van der Waals surface area contributed by atoms with Gasteiger partial charge in [0, 0.05) is 36.7 Å². The Morgan fingerprint density at radius 2 is 1.85 bits per heavy atom. The number of fused-ring (bicyclic) bond motifs is 2. The molecular weight excluding hydrogens is 528 g/mol. The maximum absolute atomic E-state index is 13.2. The Labute approximate surface area is 237 Å². The quantitative estimate of drug-likeness (QED) is 0.292. The normalized spacial score (nSPS) is 16.4. The summed E-state index contributed by atoms with van der Waals surface area (Å²) in [6, 6.07) is 11.6. The first-order valence-corrected chi connectivity index (χ1v) is 13.8. The van der Waals surface area contributed by atoms with Crippen molar-refractivity contribution in [2.45, 2.75) is 45.0 Å². The molecule has 0 bridgehead atoms. The van der Waals surface area contributed by atoms with Crippen LogP contribution in [0.3, 0.4) is 0 Å². The summed E-state index contributed by atoms with van der Waals surface area (Å²) in [7, 11) is 3.25. The van der Waals surface area contributed by atoms with Gasteiger partial charge in [0.05, 0.1) is 38.9 Å². The Morgan fingerprint density at radius 3 is 2.63 bits per heavy atom. The van der Waals surface area contributed by atoms with Gasteiger partial charge in [-0.3, -0.25) is 9.69 Å². The van der Waals surface area contributed by atoms with Gasteiger partial charge in [-0.25, -0.2) is 4.68 Å². The van der Waals surface area contributed by atoms with Crippen molar-refractivity contribution in [2.75, 3.05) is 40.6 Å². The molecule has 2 aliphatic heterocycles. The van der Waals surface area contributed by atoms with Crippen LogP contribution < -0.4 is 24.5 Å². The van der Waals surface area contributed by atoms with E-state index in [1.165, 1.54) is 0 Å². The number of rotatable bonds is 11. The van der Waals surface area contributed by atoms with E-state index in [0.29, 0.717) is 73.5 Å². The maximum atomic E-state index is 13.2. The second-order valence-corrected chi connectivity index (χ2v) is 10.3. The number of aromatic nitrogens is 5. The summed E-state index contributed by atoms with van der Waals surface area (Å²) in [6.07, 6.45) is 2.87. The van der Waals surface area contributed by atoms with Crippen LogP contribution in [0.5, 0.6) is 23.0 Å². The third-order valence-electron chi connectivity index (χ3n) is 7.51. The lowest BCUT2D eigenvalue weighted by Gasteiger charge is -2.23. The van der Waals surface area contributed by atoms with Gasteiger partial charge < -0.3 is 28.7 Å². The summed E-state index contributed by atoms with van der Waals surface area (Å²) in [5.41, 5.74) is 2.28. The summed E-state index contributed by atoms with van der Waals surface area (Å²) in [5, 5.41) is 13.4. The lowest BCUT2D eigenvalue weighted by atomic mass is 10.1. The van der Waals surface area contributed by atoms with Crippen LogP contribution in [0.25, 0.3) is 10.9 Å². The average Bonchev–Trinajstić information content (AvgIpc) is 3.67. The molecule has 41 heavy (non-hydrogen) atoms. The molecule has 1 N–H and O–H groups in total. The highest BCUT2D eigenvalue weighted by Gasteiger charge is 2.21. The molecule has 4 heterocycles. The third kappa shape index (κ3) is 6.13. The number of hydrogen-bond donors (Lipinski definition) is 1. The Kier molecular flexibility index (Phi) is 8.01. The zero-order valence-electron chi connectivity index (χ0n) is 23.3. The van der Waals surface area contributed by atoms with Crippen LogP contribution in [0, 0.1) is 0 Å². The zero-order valence-corrected chi connectivity index (χ0v) is 23.3. The standard InChI is InChI=1S/C29H34N6O6/c1-37-24-6-5-19(12-25(24)38-2)7-8-34(18-28-31-32-33-35(28)17-22-4-3-9-39-22)16-21-13-20-14-26-27(41-11-10-40-26)15-23(20)30-29(21)36/h5-6,12-15,22H,3-4,7-11,16-18H2,1-2H3,(H,30,36). The number of pyridine rings is 1. The first kappa shape index (κ1) is 27.0. The highest BCUT2D eigenvalue weighted by molar-refractivity contribution is 5.83. The van der Waals surface area contributed by atoms with Crippen molar-refractivity contribution in [1.29, 1.82) is 0 Å². The fourth-order valence-corrected chi connectivity index (χ4v) is 5.34. The van der Waals surface area contributed by atoms with Crippen LogP contribution in [0.4, 0.5) is 0 Å². The van der Waals surface area contributed by atoms with Gasteiger partial charge in [0.2, 0.25) is 0 Å². The Balaban J connectivity index is 1.26. The molecular formula is C29H34N6O6. The zero-order chi connectivity index (χ0) is 28.2. The molecule has 4 aromatic rings. The predicted octanol–water partition coefficient (Wildman–Crippen LogP) is 2.73. The minimum absolute atomic E-state index is 0.109. The minimum Gasteiger partial charge on any atom is -0.493 e. The molecule has 1 saturated heterocycles. The summed E-state index contributed by atoms with van der Waals surface area (Å²) in [6.45, 7) is 3.88. The smallest absolute Gasteiger partial charge is 0.252 e. The first-order valence-electron chi connectivity index (χ1n) is 13.8. The summed E-state index contributed by atoms with van der Waals surface area (Å²) in [5.74, 6) is 3.41. The van der Waals surface area contributed by atoms with Gasteiger partial charge in [0.1, 0.15) is 13.2 Å². The fourth-order valence-electron chi connectivity index (χ4n) is 5.34. The lowest BCUT2D eigenvalue weighted by Crippen LogP contribution is -2.30. The highest BCUT2D eigenvalue weighted by atomic mass is 16.6. The van der Waals surface area contributed by atoms with Gasteiger partial charge >= 0.3 is 0 Å². The number of benzene rings is 2. The number of methoxy groups -OCH3 is 2. The van der Waals surface area contributed by atoms with Crippen LogP contribution >= 0.6 is 0 Å². The van der Waals surface area contributed by atoms with Crippen molar-refractivity contribution in [2.24, 2.45) is 0 Å². The first-order chi connectivity index (χ1) is 20.1. The minimum atomic E-state index is -0.149. The molecule has 0 spiro atoms. The largest absolute Gasteiger partial charge is 0.493 e. The molecule has 2 aromatic carbocycles. The summed E-state index contributed by atoms with van der Waals surface area (Å²) < 4.78 is 30.0. The van der Waals surface area contributed by atoms with Crippen molar-refractivity contribution in [3.63, 3.8) is 0 Å². The van der Waals surface area contributed by atoms with E-state index in [4.69, 9.17) is 23.7 Å². The molecule has 0 aliphatic carbocycles. The van der Waals surface area contributed by atoms with Crippen LogP contribution in [0.1, 0.15) is 29.8 Å². The van der Waals surface area contributed by atoms with Gasteiger partial charge in [0.25, 0.3) is 5.56 Å². The number of aromatic amines is 1. The van der Waals surface area contributed by atoms with Crippen molar-refractivity contribution in [3.8, 4) is 23.0 Å². The van der Waals surface area contributed by atoms with E-state index in [1.807, 2.05) is 41.1 Å². The topological polar surface area (TPSA) is 126 Å². The molecule has 216 valence electrons. The third-order valence-corrected chi connectivity index (χ3v) is 7.51. The van der Waals surface area contributed by atoms with E-state index in [-0.39, 0.29) is 11.7 Å². The number of tetrazole rings is 1. The van der Waals surface area contributed by atoms with Crippen LogP contribution in [-0.2, 0) is 30.8 Å². The number of H-pyrrole nitrogens is 1. The molecule has 0 radical (unpaired) electrons. The van der Waals surface area contributed by atoms with Gasteiger partial charge in [-0.1, -0.05) is 6.07 Å². The molecule has 6 rings (SSSR count). The Bertz CT molecular complexity index is 1560. The van der Waals surface area contributed by atoms with E-state index >= 15 is 0 Å². The lowest BCUT2D eigenvalue weighted by molar-refractivity contribution is 0.0916. The SMILES string of the molecule is COc1ccc(CCN(Cc2cc3cc4c(cc3[nH]c2=O)OCCO4)Cc2nnnn2CC2CCCO2)cc1OC. The van der Waals surface area contributed by atoms with E-state index in [0.717, 1.165) is 42.6 Å². The highest BCUT2D eigenvalue weighted by Crippen LogP contribution is 2.34. The maximum Gasteiger partial charge on any atom is 0.252 e. The van der Waals surface area contributed by atoms with Gasteiger partial charge in [-0.2, -0.15) is 0 Å². The van der Waals surface area contributed by atoms with Gasteiger partial charge in [-0.05, 0) is 59.5 Å². The van der Waals surface area contributed by atoms with Crippen molar-refractivity contribution < 1.29 is 23.7 Å². The second kappa shape index (κ2) is 12.1. The van der Waals surface area contributed by atoms with E-state index in [1.54, 1.807) is 14.2 Å². The number of ether oxygens (including phenoxy) is 5. The van der Waals surface area contributed by atoms with Crippen LogP contribution in [0.15, 0.2) is 41.2 Å². The molecule has 0 amide bonds. The van der Waals surface area contributed by atoms with Crippen molar-refractivity contribution >= 4 is 10.9 Å². The number of hydrogen-bond acceptors (Lipinski definition) is 10. The average molecular weight is 563 g/mol. The second-order valence-electron chi connectivity index (χ2n) is 10.3. The van der Waals surface area contributed by atoms with Crippen LogP contribution in [-0.4, -0.2) is 76.8 Å². The van der Waals surface area contributed by atoms with Gasteiger partial charge in [-0.15, -0.1) is 5.10 Å². The number of nitrogens with one attached hydrogen (secondary N) is 1. The van der Waals surface area contributed by atoms with E-state index in [2.05, 4.69) is 25.4 Å². The molecule has 12 nitrogen and oxygen atoms in total. The molecule has 2 aliphatic rings. The molecule has 0 saturated carbocycles. The predicted molar refractivity (Wildman–Crippen MR) is 150 cm³/mol. The summed E-state index contributed by atoms with van der Waals surface area (Å²) in [4.78, 5) is 18.4. The van der Waals surface area contributed by atoms with Crippen molar-refractivity contribution in [3.05, 3.63) is 63.7 Å². The summed E-state index contributed by atoms with van der Waals surface area (Å²) >= 11 is 0.